The van der Waals surface area contributed by atoms with Gasteiger partial charge in [-0.1, -0.05) is 382 Å². The normalized spacial score (nSPS) is 14.4. The van der Waals surface area contributed by atoms with Gasteiger partial charge in [-0.25, -0.2) is 9.13 Å². The fraction of sp³-hybridized carbons (Fsp3) is 0.951. The maximum atomic E-state index is 13.1. The molecule has 0 aliphatic rings. The minimum Gasteiger partial charge on any atom is -0.462 e. The molecule has 0 aliphatic heterocycles. The summed E-state index contributed by atoms with van der Waals surface area (Å²) in [5.41, 5.74) is 0. The van der Waals surface area contributed by atoms with Crippen molar-refractivity contribution in [2.24, 2.45) is 11.8 Å². The van der Waals surface area contributed by atoms with Crippen LogP contribution in [-0.4, -0.2) is 96.7 Å². The Labute approximate surface area is 619 Å². The van der Waals surface area contributed by atoms with Crippen LogP contribution in [0.3, 0.4) is 0 Å². The van der Waals surface area contributed by atoms with E-state index in [4.69, 9.17) is 37.0 Å². The van der Waals surface area contributed by atoms with Gasteiger partial charge in [0.05, 0.1) is 26.4 Å². The molecule has 7 atom stereocenters. The molecule has 3 N–H and O–H groups in total. The molecule has 0 rings (SSSR count). The lowest BCUT2D eigenvalue weighted by atomic mass is 9.99. The first-order chi connectivity index (χ1) is 48.9. The quantitative estimate of drug-likeness (QED) is 0.0222. The fourth-order valence-electron chi connectivity index (χ4n) is 12.6. The van der Waals surface area contributed by atoms with Gasteiger partial charge in [0.25, 0.3) is 0 Å². The topological polar surface area (TPSA) is 237 Å². The van der Waals surface area contributed by atoms with E-state index in [2.05, 4.69) is 41.5 Å². The molecular formula is C82H160O17P2. The summed E-state index contributed by atoms with van der Waals surface area (Å²) in [5.74, 6) is -0.488. The third kappa shape index (κ3) is 73.4. The zero-order valence-corrected chi connectivity index (χ0v) is 68.0. The molecule has 4 unspecified atom stereocenters. The third-order valence-corrected chi connectivity index (χ3v) is 21.8. The minimum atomic E-state index is -4.96. The molecule has 0 fully saturated rings. The Bertz CT molecular complexity index is 1950. The number of aliphatic hydroxyl groups is 1. The van der Waals surface area contributed by atoms with E-state index in [-0.39, 0.29) is 25.7 Å². The van der Waals surface area contributed by atoms with E-state index in [9.17, 15) is 43.2 Å². The van der Waals surface area contributed by atoms with Crippen molar-refractivity contribution in [2.75, 3.05) is 39.6 Å². The molecule has 19 heteroatoms. The highest BCUT2D eigenvalue weighted by Gasteiger charge is 2.30. The predicted molar refractivity (Wildman–Crippen MR) is 414 cm³/mol. The summed E-state index contributed by atoms with van der Waals surface area (Å²) in [6, 6.07) is 0. The summed E-state index contributed by atoms with van der Waals surface area (Å²) in [6.07, 6.45) is 63.7. The number of carbonyl (C=O) groups excluding carboxylic acids is 4. The molecule has 0 aromatic rings. The lowest BCUT2D eigenvalue weighted by molar-refractivity contribution is -0.161. The number of unbranched alkanes of at least 4 members (excludes halogenated alkanes) is 49. The largest absolute Gasteiger partial charge is 0.472 e. The van der Waals surface area contributed by atoms with Crippen LogP contribution in [0.15, 0.2) is 0 Å². The molecule has 0 saturated heterocycles. The van der Waals surface area contributed by atoms with Crippen molar-refractivity contribution in [2.45, 2.75) is 452 Å². The molecule has 0 saturated carbocycles. The molecule has 0 aliphatic carbocycles. The van der Waals surface area contributed by atoms with Crippen LogP contribution in [0.25, 0.3) is 0 Å². The summed E-state index contributed by atoms with van der Waals surface area (Å²) < 4.78 is 68.8. The van der Waals surface area contributed by atoms with Gasteiger partial charge in [-0.15, -0.1) is 0 Å². The number of hydrogen-bond acceptors (Lipinski definition) is 15. The highest BCUT2D eigenvalue weighted by atomic mass is 31.2. The number of phosphoric acid groups is 2. The van der Waals surface area contributed by atoms with Gasteiger partial charge >= 0.3 is 39.5 Å². The second kappa shape index (κ2) is 73.6. The van der Waals surface area contributed by atoms with Gasteiger partial charge in [-0.3, -0.25) is 37.3 Å². The predicted octanol–water partition coefficient (Wildman–Crippen LogP) is 24.7. The zero-order valence-electron chi connectivity index (χ0n) is 66.2. The molecule has 0 spiro atoms. The molecule has 0 radical (unpaired) electrons. The number of esters is 4. The second-order valence-electron chi connectivity index (χ2n) is 30.0. The van der Waals surface area contributed by atoms with Gasteiger partial charge in [0.1, 0.15) is 19.3 Å². The van der Waals surface area contributed by atoms with Gasteiger partial charge in [0.2, 0.25) is 0 Å². The highest BCUT2D eigenvalue weighted by Crippen LogP contribution is 2.45. The van der Waals surface area contributed by atoms with E-state index in [1.165, 1.54) is 250 Å². The average Bonchev–Trinajstić information content (AvgIpc) is 0.952. The monoisotopic (exact) mass is 1480 g/mol. The maximum Gasteiger partial charge on any atom is 0.472 e. The molecule has 0 heterocycles. The maximum absolute atomic E-state index is 13.1. The SMILES string of the molecule is CCCCCCCCCCCCCCCCCCCCCC(=O)O[C@H](COC(=O)CCCCCCCCCCCCCCCCC(C)CC)COP(=O)(O)OC[C@@H](O)COP(=O)(O)OC[C@@H](COC(=O)CCCCCCCCCCCCCC)OC(=O)CCCCCCCCCCC(C)CC. The van der Waals surface area contributed by atoms with Crippen LogP contribution in [0.2, 0.25) is 0 Å². The first-order valence-corrected chi connectivity index (χ1v) is 45.6. The zero-order chi connectivity index (χ0) is 74.2. The van der Waals surface area contributed by atoms with E-state index in [0.29, 0.717) is 25.7 Å². The molecule has 0 bridgehead atoms. The van der Waals surface area contributed by atoms with Crippen molar-refractivity contribution in [1.29, 1.82) is 0 Å². The van der Waals surface area contributed by atoms with Crippen LogP contribution in [0.5, 0.6) is 0 Å². The molecule has 0 aromatic heterocycles. The molecule has 0 amide bonds. The highest BCUT2D eigenvalue weighted by molar-refractivity contribution is 7.47. The summed E-state index contributed by atoms with van der Waals surface area (Å²) in [6.45, 7) is 9.70. The Hall–Kier alpha value is -1.94. The number of hydrogen-bond donors (Lipinski definition) is 3. The van der Waals surface area contributed by atoms with Gasteiger partial charge < -0.3 is 33.8 Å². The van der Waals surface area contributed by atoms with Crippen LogP contribution in [0.4, 0.5) is 0 Å². The van der Waals surface area contributed by atoms with Crippen molar-refractivity contribution in [1.82, 2.24) is 0 Å². The van der Waals surface area contributed by atoms with E-state index in [0.717, 1.165) is 102 Å². The lowest BCUT2D eigenvalue weighted by Gasteiger charge is -2.21. The van der Waals surface area contributed by atoms with Gasteiger partial charge in [0.15, 0.2) is 12.2 Å². The number of phosphoric ester groups is 2. The van der Waals surface area contributed by atoms with Crippen molar-refractivity contribution in [3.63, 3.8) is 0 Å². The molecular weight excluding hydrogens is 1320 g/mol. The van der Waals surface area contributed by atoms with Gasteiger partial charge in [-0.2, -0.15) is 0 Å². The number of aliphatic hydroxyl groups excluding tert-OH is 1. The Morgan fingerprint density at radius 2 is 0.475 bits per heavy atom. The standard InChI is InChI=1S/C82H160O17P2/c1-7-11-13-15-17-19-21-23-24-25-26-27-28-33-37-41-48-54-60-66-81(86)98-77(70-92-80(85)65-59-53-47-40-36-32-30-29-31-34-38-44-50-56-62-74(5)9-3)72-96-100(88,89)94-68-76(83)69-95-101(90,91)97-73-78(99-82(87)67-61-55-49-43-42-45-51-57-63-75(6)10-4)71-93-79(84)64-58-52-46-39-35-22-20-18-16-14-12-8-2/h74-78,83H,7-73H2,1-6H3,(H,88,89)(H,90,91)/t74?,75?,76-,77-,78-/m1/s1. The summed E-state index contributed by atoms with van der Waals surface area (Å²) in [5, 5.41) is 10.6. The van der Waals surface area contributed by atoms with Crippen molar-refractivity contribution < 1.29 is 80.2 Å². The minimum absolute atomic E-state index is 0.106. The number of carbonyl (C=O) groups is 4. The lowest BCUT2D eigenvalue weighted by Crippen LogP contribution is -2.30. The summed E-state index contributed by atoms with van der Waals surface area (Å²) in [4.78, 5) is 73.1. The van der Waals surface area contributed by atoms with Crippen molar-refractivity contribution in [3.8, 4) is 0 Å². The van der Waals surface area contributed by atoms with E-state index < -0.39 is 97.5 Å². The Morgan fingerprint density at radius 1 is 0.277 bits per heavy atom. The first kappa shape index (κ1) is 99.1. The summed E-state index contributed by atoms with van der Waals surface area (Å²) >= 11 is 0. The first-order valence-electron chi connectivity index (χ1n) is 42.6. The smallest absolute Gasteiger partial charge is 0.462 e. The second-order valence-corrected chi connectivity index (χ2v) is 32.9. The Balaban J connectivity index is 5.25. The average molecular weight is 1480 g/mol. The Morgan fingerprint density at radius 3 is 0.703 bits per heavy atom. The number of rotatable bonds is 81. The van der Waals surface area contributed by atoms with E-state index in [1.54, 1.807) is 0 Å². The Kier molecular flexibility index (Phi) is 72.2. The van der Waals surface area contributed by atoms with Crippen molar-refractivity contribution >= 4 is 39.5 Å². The fourth-order valence-corrected chi connectivity index (χ4v) is 14.2. The van der Waals surface area contributed by atoms with Gasteiger partial charge in [-0.05, 0) is 37.5 Å². The van der Waals surface area contributed by atoms with Crippen LogP contribution in [-0.2, 0) is 65.4 Å². The molecule has 0 aromatic carbocycles. The van der Waals surface area contributed by atoms with E-state index in [1.807, 2.05) is 0 Å². The number of ether oxygens (including phenoxy) is 4. The molecule has 17 nitrogen and oxygen atoms in total. The van der Waals surface area contributed by atoms with Crippen LogP contribution in [0, 0.1) is 11.8 Å². The summed E-state index contributed by atoms with van der Waals surface area (Å²) in [7, 11) is -9.92. The van der Waals surface area contributed by atoms with E-state index >= 15 is 0 Å². The molecule has 600 valence electrons. The van der Waals surface area contributed by atoms with Crippen LogP contribution in [0.1, 0.15) is 433 Å². The van der Waals surface area contributed by atoms with Crippen LogP contribution >= 0.6 is 15.6 Å². The van der Waals surface area contributed by atoms with Crippen molar-refractivity contribution in [3.05, 3.63) is 0 Å². The van der Waals surface area contributed by atoms with Crippen LogP contribution < -0.4 is 0 Å². The molecule has 101 heavy (non-hydrogen) atoms. The third-order valence-electron chi connectivity index (χ3n) is 19.9. The van der Waals surface area contributed by atoms with Gasteiger partial charge in [0, 0.05) is 25.7 Å².